The highest BCUT2D eigenvalue weighted by Gasteiger charge is 2.17. The zero-order chi connectivity index (χ0) is 14.0. The topological polar surface area (TPSA) is 57.8 Å². The minimum Gasteiger partial charge on any atom is -0.347 e. The van der Waals surface area contributed by atoms with Gasteiger partial charge in [0.1, 0.15) is 17.5 Å². The second-order valence-corrected chi connectivity index (χ2v) is 4.25. The molecule has 0 saturated heterocycles. The summed E-state index contributed by atoms with van der Waals surface area (Å²) in [5.74, 6) is -1.60. The normalized spacial score (nSPS) is 12.2. The van der Waals surface area contributed by atoms with Crippen molar-refractivity contribution in [2.24, 2.45) is 0 Å². The fourth-order valence-corrected chi connectivity index (χ4v) is 1.69. The van der Waals surface area contributed by atoms with Gasteiger partial charge in [0.15, 0.2) is 0 Å². The van der Waals surface area contributed by atoms with E-state index in [2.05, 4.69) is 15.3 Å². The van der Waals surface area contributed by atoms with Gasteiger partial charge < -0.3 is 10.3 Å². The number of aryl methyl sites for hydroxylation is 1. The van der Waals surface area contributed by atoms with Crippen LogP contribution in [0, 0.1) is 18.6 Å². The molecule has 2 rings (SSSR count). The molecular formula is C13H13F2N3O. The van der Waals surface area contributed by atoms with Crippen LogP contribution >= 0.6 is 0 Å². The van der Waals surface area contributed by atoms with E-state index in [-0.39, 0.29) is 11.1 Å². The number of halogens is 2. The van der Waals surface area contributed by atoms with Crippen molar-refractivity contribution < 1.29 is 13.6 Å². The number of benzene rings is 1. The third-order valence-electron chi connectivity index (χ3n) is 2.77. The van der Waals surface area contributed by atoms with Crippen molar-refractivity contribution in [1.82, 2.24) is 15.3 Å². The average Bonchev–Trinajstić information content (AvgIpc) is 2.87. The number of rotatable bonds is 3. The van der Waals surface area contributed by atoms with Gasteiger partial charge in [0.05, 0.1) is 11.6 Å². The molecule has 1 unspecified atom stereocenters. The molecule has 100 valence electrons. The van der Waals surface area contributed by atoms with Gasteiger partial charge in [0, 0.05) is 18.5 Å². The molecule has 1 aromatic heterocycles. The SMILES string of the molecule is Cc1cc(C(=O)NC(C)c2ncc[nH]2)c(F)cc1F. The summed E-state index contributed by atoms with van der Waals surface area (Å²) in [6, 6.07) is 1.50. The van der Waals surface area contributed by atoms with Crippen LogP contribution < -0.4 is 5.32 Å². The first-order chi connectivity index (χ1) is 8.99. The van der Waals surface area contributed by atoms with E-state index in [1.807, 2.05) is 0 Å². The third kappa shape index (κ3) is 2.78. The summed E-state index contributed by atoms with van der Waals surface area (Å²) in [5.41, 5.74) is 0.0366. The second-order valence-electron chi connectivity index (χ2n) is 4.25. The van der Waals surface area contributed by atoms with Crippen molar-refractivity contribution >= 4 is 5.91 Å². The van der Waals surface area contributed by atoms with E-state index in [0.717, 1.165) is 0 Å². The summed E-state index contributed by atoms with van der Waals surface area (Å²) in [6.07, 6.45) is 3.18. The molecule has 1 amide bonds. The van der Waals surface area contributed by atoms with Crippen molar-refractivity contribution in [2.45, 2.75) is 19.9 Å². The lowest BCUT2D eigenvalue weighted by molar-refractivity contribution is 0.0934. The Hall–Kier alpha value is -2.24. The highest BCUT2D eigenvalue weighted by atomic mass is 19.1. The zero-order valence-corrected chi connectivity index (χ0v) is 10.5. The maximum Gasteiger partial charge on any atom is 0.254 e. The molecule has 4 nitrogen and oxygen atoms in total. The largest absolute Gasteiger partial charge is 0.347 e. The number of hydrogen-bond donors (Lipinski definition) is 2. The zero-order valence-electron chi connectivity index (χ0n) is 10.5. The summed E-state index contributed by atoms with van der Waals surface area (Å²) >= 11 is 0. The number of H-pyrrole nitrogens is 1. The van der Waals surface area contributed by atoms with Crippen LogP contribution in [0.4, 0.5) is 8.78 Å². The Morgan fingerprint density at radius 1 is 1.37 bits per heavy atom. The molecule has 1 atom stereocenters. The van der Waals surface area contributed by atoms with Crippen LogP contribution in [0.25, 0.3) is 0 Å². The highest BCUT2D eigenvalue weighted by molar-refractivity contribution is 5.94. The van der Waals surface area contributed by atoms with Gasteiger partial charge in [-0.15, -0.1) is 0 Å². The fraction of sp³-hybridized carbons (Fsp3) is 0.231. The Morgan fingerprint density at radius 3 is 2.74 bits per heavy atom. The van der Waals surface area contributed by atoms with Gasteiger partial charge >= 0.3 is 0 Å². The van der Waals surface area contributed by atoms with Crippen LogP contribution in [0.5, 0.6) is 0 Å². The fourth-order valence-electron chi connectivity index (χ4n) is 1.69. The van der Waals surface area contributed by atoms with Gasteiger partial charge in [0.25, 0.3) is 5.91 Å². The molecule has 0 spiro atoms. The Balaban J connectivity index is 2.19. The number of nitrogens with one attached hydrogen (secondary N) is 2. The molecule has 0 saturated carbocycles. The molecule has 1 aromatic carbocycles. The highest BCUT2D eigenvalue weighted by Crippen LogP contribution is 2.15. The predicted molar refractivity (Wildman–Crippen MR) is 65.6 cm³/mol. The smallest absolute Gasteiger partial charge is 0.254 e. The molecule has 0 fully saturated rings. The molecule has 2 aromatic rings. The molecule has 6 heteroatoms. The first-order valence-electron chi connectivity index (χ1n) is 5.75. The molecule has 0 bridgehead atoms. The van der Waals surface area contributed by atoms with Crippen molar-refractivity contribution in [2.75, 3.05) is 0 Å². The molecule has 0 aliphatic carbocycles. The summed E-state index contributed by atoms with van der Waals surface area (Å²) in [6.45, 7) is 3.19. The Labute approximate surface area is 108 Å². The number of carbonyl (C=O) groups excluding carboxylic acids is 1. The van der Waals surface area contributed by atoms with Crippen molar-refractivity contribution in [3.63, 3.8) is 0 Å². The number of imidazole rings is 1. The summed E-state index contributed by atoms with van der Waals surface area (Å²) in [5, 5.41) is 2.59. The minimum atomic E-state index is -0.882. The molecule has 2 N–H and O–H groups in total. The van der Waals surface area contributed by atoms with Gasteiger partial charge in [-0.05, 0) is 25.5 Å². The van der Waals surface area contributed by atoms with E-state index < -0.39 is 23.6 Å². The van der Waals surface area contributed by atoms with Gasteiger partial charge in [-0.3, -0.25) is 4.79 Å². The van der Waals surface area contributed by atoms with Gasteiger partial charge in [-0.1, -0.05) is 0 Å². The first-order valence-corrected chi connectivity index (χ1v) is 5.75. The molecular weight excluding hydrogens is 252 g/mol. The number of aromatic nitrogens is 2. The summed E-state index contributed by atoms with van der Waals surface area (Å²) in [7, 11) is 0. The van der Waals surface area contributed by atoms with E-state index in [0.29, 0.717) is 11.9 Å². The quantitative estimate of drug-likeness (QED) is 0.895. The molecule has 19 heavy (non-hydrogen) atoms. The van der Waals surface area contributed by atoms with Crippen molar-refractivity contribution in [1.29, 1.82) is 0 Å². The maximum absolute atomic E-state index is 13.5. The van der Waals surface area contributed by atoms with Gasteiger partial charge in [-0.25, -0.2) is 13.8 Å². The standard InChI is InChI=1S/C13H13F2N3O/c1-7-5-9(11(15)6-10(7)14)13(19)18-8(2)12-16-3-4-17-12/h3-6,8H,1-2H3,(H,16,17)(H,18,19). The van der Waals surface area contributed by atoms with Gasteiger partial charge in [-0.2, -0.15) is 0 Å². The van der Waals surface area contributed by atoms with E-state index in [1.165, 1.54) is 13.0 Å². The van der Waals surface area contributed by atoms with Crippen LogP contribution in [0.2, 0.25) is 0 Å². The second kappa shape index (κ2) is 5.17. The minimum absolute atomic E-state index is 0.183. The van der Waals surface area contributed by atoms with Crippen molar-refractivity contribution in [3.8, 4) is 0 Å². The predicted octanol–water partition coefficient (Wildman–Crippen LogP) is 2.49. The summed E-state index contributed by atoms with van der Waals surface area (Å²) < 4.78 is 26.7. The number of hydrogen-bond acceptors (Lipinski definition) is 2. The average molecular weight is 265 g/mol. The van der Waals surface area contributed by atoms with Crippen molar-refractivity contribution in [3.05, 3.63) is 53.1 Å². The lowest BCUT2D eigenvalue weighted by atomic mass is 10.1. The molecule has 1 heterocycles. The number of nitrogens with zero attached hydrogens (tertiary/aromatic N) is 1. The lowest BCUT2D eigenvalue weighted by Gasteiger charge is -2.12. The van der Waals surface area contributed by atoms with Crippen LogP contribution in [0.15, 0.2) is 24.5 Å². The van der Waals surface area contributed by atoms with Crippen LogP contribution in [0.1, 0.15) is 34.7 Å². The third-order valence-corrected chi connectivity index (χ3v) is 2.77. The first kappa shape index (κ1) is 13.2. The number of aromatic amines is 1. The van der Waals surface area contributed by atoms with E-state index >= 15 is 0 Å². The maximum atomic E-state index is 13.5. The molecule has 0 aliphatic rings. The molecule has 0 radical (unpaired) electrons. The van der Waals surface area contributed by atoms with Crippen LogP contribution in [-0.2, 0) is 0 Å². The van der Waals surface area contributed by atoms with E-state index in [1.54, 1.807) is 19.3 Å². The lowest BCUT2D eigenvalue weighted by Crippen LogP contribution is -2.28. The van der Waals surface area contributed by atoms with Crippen LogP contribution in [-0.4, -0.2) is 15.9 Å². The Morgan fingerprint density at radius 2 is 2.11 bits per heavy atom. The Bertz CT molecular complexity index is 596. The number of carbonyl (C=O) groups is 1. The van der Waals surface area contributed by atoms with Gasteiger partial charge in [0.2, 0.25) is 0 Å². The Kier molecular flexibility index (Phi) is 3.59. The van der Waals surface area contributed by atoms with E-state index in [9.17, 15) is 13.6 Å². The van der Waals surface area contributed by atoms with E-state index in [4.69, 9.17) is 0 Å². The molecule has 0 aliphatic heterocycles. The number of amides is 1. The monoisotopic (exact) mass is 265 g/mol. The van der Waals surface area contributed by atoms with Crippen LogP contribution in [0.3, 0.4) is 0 Å². The summed E-state index contributed by atoms with van der Waals surface area (Å²) in [4.78, 5) is 18.8.